The maximum Gasteiger partial charge on any atom is 0.126 e. The maximum absolute atomic E-state index is 5.41. The summed E-state index contributed by atoms with van der Waals surface area (Å²) >= 11 is 0. The predicted octanol–water partition coefficient (Wildman–Crippen LogP) is 2.96. The summed E-state index contributed by atoms with van der Waals surface area (Å²) in [5, 5.41) is 3.50. The Balaban J connectivity index is 2.42. The van der Waals surface area contributed by atoms with Crippen LogP contribution < -0.4 is 10.6 Å². The zero-order valence-electron chi connectivity index (χ0n) is 10.6. The molecule has 0 aliphatic carbocycles. The summed E-state index contributed by atoms with van der Waals surface area (Å²) in [6.07, 6.45) is 1.62. The fourth-order valence-corrected chi connectivity index (χ4v) is 1.87. The van der Waals surface area contributed by atoms with Gasteiger partial charge in [-0.05, 0) is 29.7 Å². The highest BCUT2D eigenvalue weighted by Gasteiger charge is 2.05. The molecule has 3 heteroatoms. The van der Waals surface area contributed by atoms with Crippen molar-refractivity contribution in [1.29, 1.82) is 0 Å². The number of hydrogen-bond acceptors (Lipinski definition) is 3. The van der Waals surface area contributed by atoms with Crippen molar-refractivity contribution in [3.05, 3.63) is 53.6 Å². The highest BCUT2D eigenvalue weighted by molar-refractivity contribution is 5.81. The number of hydrogen-bond donors (Lipinski definition) is 1. The molecular formula is C15H16N2O. The molecule has 0 amide bonds. The van der Waals surface area contributed by atoms with Gasteiger partial charge in [-0.2, -0.15) is 5.10 Å². The molecule has 0 saturated carbocycles. The first-order valence-electron chi connectivity index (χ1n) is 5.73. The molecule has 0 saturated heterocycles. The van der Waals surface area contributed by atoms with E-state index in [0.29, 0.717) is 0 Å². The van der Waals surface area contributed by atoms with E-state index in [4.69, 9.17) is 10.6 Å². The number of hydrazone groups is 1. The largest absolute Gasteiger partial charge is 0.496 e. The Hall–Kier alpha value is -2.29. The summed E-state index contributed by atoms with van der Waals surface area (Å²) in [6, 6.07) is 14.2. The van der Waals surface area contributed by atoms with Crippen LogP contribution in [-0.2, 0) is 0 Å². The molecule has 0 radical (unpaired) electrons. The van der Waals surface area contributed by atoms with Gasteiger partial charge in [-0.3, -0.25) is 0 Å². The monoisotopic (exact) mass is 240 g/mol. The first kappa shape index (κ1) is 12.2. The molecule has 2 aromatic carbocycles. The van der Waals surface area contributed by atoms with Crippen LogP contribution in [-0.4, -0.2) is 13.3 Å². The molecule has 0 heterocycles. The van der Waals surface area contributed by atoms with E-state index in [9.17, 15) is 0 Å². The molecule has 0 atom stereocenters. The average molecular weight is 240 g/mol. The standard InChI is InChI=1S/C15H16N2O/c1-11-3-8-14(15(9-11)18-2)13-6-4-12(5-7-13)10-17-16/h3-10H,16H2,1-2H3. The molecule has 0 spiro atoms. The molecule has 3 nitrogen and oxygen atoms in total. The van der Waals surface area contributed by atoms with Crippen molar-refractivity contribution in [2.24, 2.45) is 10.9 Å². The number of benzene rings is 2. The van der Waals surface area contributed by atoms with Crippen molar-refractivity contribution in [3.8, 4) is 16.9 Å². The molecular weight excluding hydrogens is 224 g/mol. The van der Waals surface area contributed by atoms with Crippen molar-refractivity contribution < 1.29 is 4.74 Å². The van der Waals surface area contributed by atoms with E-state index < -0.39 is 0 Å². The van der Waals surface area contributed by atoms with Gasteiger partial charge in [0, 0.05) is 5.56 Å². The molecule has 92 valence electrons. The van der Waals surface area contributed by atoms with Crippen molar-refractivity contribution in [2.75, 3.05) is 7.11 Å². The Bertz CT molecular complexity index is 559. The van der Waals surface area contributed by atoms with Gasteiger partial charge in [-0.25, -0.2) is 0 Å². The van der Waals surface area contributed by atoms with E-state index in [0.717, 1.165) is 22.4 Å². The Morgan fingerprint density at radius 1 is 1.11 bits per heavy atom. The maximum atomic E-state index is 5.41. The Morgan fingerprint density at radius 2 is 1.83 bits per heavy atom. The van der Waals surface area contributed by atoms with E-state index in [1.54, 1.807) is 13.3 Å². The minimum atomic E-state index is 0.884. The quantitative estimate of drug-likeness (QED) is 0.509. The molecule has 2 rings (SSSR count). The van der Waals surface area contributed by atoms with E-state index in [1.807, 2.05) is 37.3 Å². The summed E-state index contributed by atoms with van der Waals surface area (Å²) in [7, 11) is 1.69. The first-order valence-corrected chi connectivity index (χ1v) is 5.73. The summed E-state index contributed by atoms with van der Waals surface area (Å²) in [5.74, 6) is 6.01. The SMILES string of the molecule is COc1cc(C)ccc1-c1ccc(C=NN)cc1. The molecule has 0 aliphatic heterocycles. The van der Waals surface area contributed by atoms with Crippen LogP contribution in [0.1, 0.15) is 11.1 Å². The summed E-state index contributed by atoms with van der Waals surface area (Å²) in [5.41, 5.74) is 4.36. The van der Waals surface area contributed by atoms with Crippen molar-refractivity contribution in [2.45, 2.75) is 6.92 Å². The highest BCUT2D eigenvalue weighted by atomic mass is 16.5. The van der Waals surface area contributed by atoms with Gasteiger partial charge in [0.25, 0.3) is 0 Å². The number of nitrogens with zero attached hydrogens (tertiary/aromatic N) is 1. The number of nitrogens with two attached hydrogens (primary N) is 1. The van der Waals surface area contributed by atoms with E-state index in [1.165, 1.54) is 5.56 Å². The van der Waals surface area contributed by atoms with Gasteiger partial charge in [0.15, 0.2) is 0 Å². The summed E-state index contributed by atoms with van der Waals surface area (Å²) in [6.45, 7) is 2.05. The van der Waals surface area contributed by atoms with Crippen LogP contribution in [0.4, 0.5) is 0 Å². The normalized spacial score (nSPS) is 10.8. The minimum absolute atomic E-state index is 0.884. The third-order valence-electron chi connectivity index (χ3n) is 2.80. The van der Waals surface area contributed by atoms with E-state index in [-0.39, 0.29) is 0 Å². The Morgan fingerprint density at radius 3 is 2.44 bits per heavy atom. The smallest absolute Gasteiger partial charge is 0.126 e. The number of aryl methyl sites for hydroxylation is 1. The van der Waals surface area contributed by atoms with Gasteiger partial charge in [-0.1, -0.05) is 36.4 Å². The van der Waals surface area contributed by atoms with E-state index in [2.05, 4.69) is 17.2 Å². The molecule has 0 aromatic heterocycles. The Kier molecular flexibility index (Phi) is 3.63. The zero-order chi connectivity index (χ0) is 13.0. The average Bonchev–Trinajstić information content (AvgIpc) is 2.40. The molecule has 0 unspecified atom stereocenters. The molecule has 18 heavy (non-hydrogen) atoms. The van der Waals surface area contributed by atoms with Gasteiger partial charge in [0.2, 0.25) is 0 Å². The number of ether oxygens (including phenoxy) is 1. The first-order chi connectivity index (χ1) is 8.74. The lowest BCUT2D eigenvalue weighted by molar-refractivity contribution is 0.416. The van der Waals surface area contributed by atoms with Gasteiger partial charge in [0.05, 0.1) is 13.3 Å². The van der Waals surface area contributed by atoms with Crippen LogP contribution in [0, 0.1) is 6.92 Å². The molecule has 2 aromatic rings. The van der Waals surface area contributed by atoms with Crippen LogP contribution in [0.3, 0.4) is 0 Å². The van der Waals surface area contributed by atoms with Gasteiger partial charge >= 0.3 is 0 Å². The number of rotatable bonds is 3. The Labute approximate surface area is 107 Å². The van der Waals surface area contributed by atoms with Crippen LogP contribution >= 0.6 is 0 Å². The van der Waals surface area contributed by atoms with Crippen molar-refractivity contribution >= 4 is 6.21 Å². The second kappa shape index (κ2) is 5.36. The number of methoxy groups -OCH3 is 1. The van der Waals surface area contributed by atoms with Gasteiger partial charge < -0.3 is 10.6 Å². The molecule has 0 fully saturated rings. The van der Waals surface area contributed by atoms with Crippen LogP contribution in [0.2, 0.25) is 0 Å². The van der Waals surface area contributed by atoms with Gasteiger partial charge in [-0.15, -0.1) is 0 Å². The zero-order valence-corrected chi connectivity index (χ0v) is 10.6. The fourth-order valence-electron chi connectivity index (χ4n) is 1.87. The highest BCUT2D eigenvalue weighted by Crippen LogP contribution is 2.30. The summed E-state index contributed by atoms with van der Waals surface area (Å²) < 4.78 is 5.41. The molecule has 0 aliphatic rings. The van der Waals surface area contributed by atoms with Crippen molar-refractivity contribution in [3.63, 3.8) is 0 Å². The van der Waals surface area contributed by atoms with Crippen molar-refractivity contribution in [1.82, 2.24) is 0 Å². The summed E-state index contributed by atoms with van der Waals surface area (Å²) in [4.78, 5) is 0. The minimum Gasteiger partial charge on any atom is -0.496 e. The lowest BCUT2D eigenvalue weighted by Gasteiger charge is -2.09. The second-order valence-corrected chi connectivity index (χ2v) is 4.10. The van der Waals surface area contributed by atoms with Crippen LogP contribution in [0.5, 0.6) is 5.75 Å². The topological polar surface area (TPSA) is 47.6 Å². The fraction of sp³-hybridized carbons (Fsp3) is 0.133. The third kappa shape index (κ3) is 2.51. The predicted molar refractivity (Wildman–Crippen MR) is 74.9 cm³/mol. The lowest BCUT2D eigenvalue weighted by atomic mass is 10.0. The van der Waals surface area contributed by atoms with Crippen LogP contribution in [0.25, 0.3) is 11.1 Å². The third-order valence-corrected chi connectivity index (χ3v) is 2.80. The molecule has 0 bridgehead atoms. The van der Waals surface area contributed by atoms with E-state index >= 15 is 0 Å². The molecule has 2 N–H and O–H groups in total. The second-order valence-electron chi connectivity index (χ2n) is 4.10. The van der Waals surface area contributed by atoms with Crippen LogP contribution in [0.15, 0.2) is 47.6 Å². The van der Waals surface area contributed by atoms with Gasteiger partial charge in [0.1, 0.15) is 5.75 Å². The lowest BCUT2D eigenvalue weighted by Crippen LogP contribution is -1.90.